The molecule has 4 heterocycles. The van der Waals surface area contributed by atoms with Crippen molar-refractivity contribution in [3.63, 3.8) is 0 Å². The Morgan fingerprint density at radius 3 is 2.41 bits per heavy atom. The Labute approximate surface area is 165 Å². The second-order valence-corrected chi connectivity index (χ2v) is 6.31. The number of aromatic nitrogens is 3. The van der Waals surface area contributed by atoms with Crippen molar-refractivity contribution in [2.45, 2.75) is 0 Å². The Morgan fingerprint density at radius 2 is 1.79 bits per heavy atom. The molecule has 0 atom stereocenters. The minimum Gasteiger partial charge on any atom is -0.395 e. The molecule has 11 heteroatoms. The smallest absolute Gasteiger partial charge is 0.395 e. The third-order valence-electron chi connectivity index (χ3n) is 4.48. The summed E-state index contributed by atoms with van der Waals surface area (Å²) in [6.07, 6.45) is 3.37. The van der Waals surface area contributed by atoms with Gasteiger partial charge in [-0.05, 0) is 30.3 Å². The summed E-state index contributed by atoms with van der Waals surface area (Å²) in [4.78, 5) is 30.1. The first kappa shape index (κ1) is 18.3. The molecule has 3 aromatic heterocycles. The summed E-state index contributed by atoms with van der Waals surface area (Å²) in [5.41, 5.74) is 0.868. The molecule has 29 heavy (non-hydrogen) atoms. The quantitative estimate of drug-likeness (QED) is 0.509. The Balaban J connectivity index is 1.34. The van der Waals surface area contributed by atoms with Gasteiger partial charge in [-0.15, -0.1) is 10.2 Å². The van der Waals surface area contributed by atoms with Crippen LogP contribution >= 0.6 is 0 Å². The molecule has 0 saturated carbocycles. The zero-order chi connectivity index (χ0) is 20.2. The molecule has 0 radical (unpaired) electrons. The molecule has 3 aromatic rings. The largest absolute Gasteiger partial charge is 0.433 e. The van der Waals surface area contributed by atoms with Crippen LogP contribution in [0, 0.1) is 10.1 Å². The fourth-order valence-electron chi connectivity index (χ4n) is 2.98. The molecule has 0 unspecified atom stereocenters. The van der Waals surface area contributed by atoms with Crippen molar-refractivity contribution < 1.29 is 14.1 Å². The number of piperazine rings is 1. The Bertz CT molecular complexity index is 999. The molecule has 148 valence electrons. The normalized spacial score (nSPS) is 13.9. The highest BCUT2D eigenvalue weighted by molar-refractivity contribution is 5.92. The van der Waals surface area contributed by atoms with Gasteiger partial charge >= 0.3 is 5.88 Å². The van der Waals surface area contributed by atoms with Crippen LogP contribution in [0.3, 0.4) is 0 Å². The molecule has 1 saturated heterocycles. The number of anilines is 3. The number of furan rings is 1. The first-order valence-electron chi connectivity index (χ1n) is 8.89. The van der Waals surface area contributed by atoms with Crippen LogP contribution in [-0.2, 0) is 0 Å². The van der Waals surface area contributed by atoms with Gasteiger partial charge in [0.05, 0.1) is 6.07 Å². The van der Waals surface area contributed by atoms with Crippen LogP contribution < -0.4 is 10.2 Å². The van der Waals surface area contributed by atoms with Crippen LogP contribution in [0.25, 0.3) is 0 Å². The van der Waals surface area contributed by atoms with Crippen molar-refractivity contribution in [3.8, 4) is 0 Å². The number of nitro groups is 1. The third kappa shape index (κ3) is 4.13. The van der Waals surface area contributed by atoms with Gasteiger partial charge in [0.2, 0.25) is 0 Å². The maximum atomic E-state index is 12.4. The number of carbonyl (C=O) groups is 1. The number of rotatable bonds is 5. The highest BCUT2D eigenvalue weighted by Crippen LogP contribution is 2.20. The van der Waals surface area contributed by atoms with Gasteiger partial charge in [0.15, 0.2) is 17.4 Å². The maximum absolute atomic E-state index is 12.4. The molecule has 1 amide bonds. The first-order chi connectivity index (χ1) is 14.1. The van der Waals surface area contributed by atoms with E-state index in [1.807, 2.05) is 29.2 Å². The van der Waals surface area contributed by atoms with Crippen molar-refractivity contribution >= 4 is 29.1 Å². The second-order valence-electron chi connectivity index (χ2n) is 6.31. The number of nitrogens with one attached hydrogen (secondary N) is 1. The number of hydrogen-bond acceptors (Lipinski definition) is 9. The Morgan fingerprint density at radius 1 is 1.03 bits per heavy atom. The van der Waals surface area contributed by atoms with Gasteiger partial charge in [0.25, 0.3) is 5.91 Å². The summed E-state index contributed by atoms with van der Waals surface area (Å²) in [6, 6.07) is 9.87. The second kappa shape index (κ2) is 7.92. The summed E-state index contributed by atoms with van der Waals surface area (Å²) in [6.45, 7) is 2.04. The number of hydrogen-bond donors (Lipinski definition) is 1. The van der Waals surface area contributed by atoms with E-state index in [1.165, 1.54) is 12.1 Å². The number of nitrogens with zero attached hydrogens (tertiary/aromatic N) is 6. The Kier molecular flexibility index (Phi) is 5.01. The predicted molar refractivity (Wildman–Crippen MR) is 103 cm³/mol. The van der Waals surface area contributed by atoms with E-state index < -0.39 is 10.8 Å². The van der Waals surface area contributed by atoms with Crippen LogP contribution in [0.2, 0.25) is 0 Å². The summed E-state index contributed by atoms with van der Waals surface area (Å²) < 4.78 is 5.00. The molecule has 0 aromatic carbocycles. The van der Waals surface area contributed by atoms with Crippen molar-refractivity contribution in [2.24, 2.45) is 0 Å². The summed E-state index contributed by atoms with van der Waals surface area (Å²) in [7, 11) is 0. The van der Waals surface area contributed by atoms with Crippen LogP contribution in [0.5, 0.6) is 0 Å². The molecule has 1 aliphatic rings. The van der Waals surface area contributed by atoms with Crippen LogP contribution in [0.1, 0.15) is 10.6 Å². The van der Waals surface area contributed by atoms with Gasteiger partial charge < -0.3 is 19.5 Å². The van der Waals surface area contributed by atoms with Gasteiger partial charge in [-0.25, -0.2) is 0 Å². The van der Waals surface area contributed by atoms with Gasteiger partial charge in [-0.3, -0.25) is 19.9 Å². The zero-order valence-electron chi connectivity index (χ0n) is 15.3. The van der Waals surface area contributed by atoms with E-state index in [1.54, 1.807) is 17.3 Å². The number of amides is 1. The SMILES string of the molecule is O=C(c1ccc([N+](=O)[O-])o1)N1CCN(c2ccc(Nc3ccncc3)nn2)CC1. The van der Waals surface area contributed by atoms with Gasteiger partial charge in [0.1, 0.15) is 4.92 Å². The molecular weight excluding hydrogens is 378 g/mol. The fourth-order valence-corrected chi connectivity index (χ4v) is 2.98. The number of carbonyl (C=O) groups excluding carboxylic acids is 1. The lowest BCUT2D eigenvalue weighted by Gasteiger charge is -2.34. The molecule has 0 aliphatic carbocycles. The summed E-state index contributed by atoms with van der Waals surface area (Å²) in [5, 5.41) is 22.3. The van der Waals surface area contributed by atoms with Gasteiger partial charge in [0, 0.05) is 44.3 Å². The lowest BCUT2D eigenvalue weighted by Crippen LogP contribution is -2.49. The van der Waals surface area contributed by atoms with E-state index in [0.717, 1.165) is 5.69 Å². The highest BCUT2D eigenvalue weighted by atomic mass is 16.6. The lowest BCUT2D eigenvalue weighted by molar-refractivity contribution is -0.402. The monoisotopic (exact) mass is 395 g/mol. The van der Waals surface area contributed by atoms with Crippen LogP contribution in [0.15, 0.2) is 53.2 Å². The molecule has 1 aliphatic heterocycles. The fraction of sp³-hybridized carbons (Fsp3) is 0.222. The highest BCUT2D eigenvalue weighted by Gasteiger charge is 2.26. The molecule has 4 rings (SSSR count). The summed E-state index contributed by atoms with van der Waals surface area (Å²) in [5.74, 6) is 0.499. The third-order valence-corrected chi connectivity index (χ3v) is 4.48. The summed E-state index contributed by atoms with van der Waals surface area (Å²) >= 11 is 0. The molecule has 0 bridgehead atoms. The molecular formula is C18H17N7O4. The minimum atomic E-state index is -0.666. The number of pyridine rings is 1. The van der Waals surface area contributed by atoms with E-state index in [4.69, 9.17) is 4.42 Å². The average Bonchev–Trinajstić information content (AvgIpc) is 3.25. The predicted octanol–water partition coefficient (Wildman–Crippen LogP) is 2.08. The topological polar surface area (TPSA) is 131 Å². The average molecular weight is 395 g/mol. The van der Waals surface area contributed by atoms with Crippen molar-refractivity contribution in [1.29, 1.82) is 0 Å². The molecule has 1 N–H and O–H groups in total. The van der Waals surface area contributed by atoms with E-state index in [0.29, 0.717) is 37.8 Å². The van der Waals surface area contributed by atoms with Gasteiger partial charge in [-0.2, -0.15) is 0 Å². The van der Waals surface area contributed by atoms with Crippen molar-refractivity contribution in [2.75, 3.05) is 36.4 Å². The standard InChI is InChI=1S/C18H17N7O4/c26-18(14-1-4-17(29-14)25(27)28)24-11-9-23(10-12-24)16-3-2-15(21-22-16)20-13-5-7-19-8-6-13/h1-8H,9-12H2,(H,19,20,21). The first-order valence-corrected chi connectivity index (χ1v) is 8.89. The van der Waals surface area contributed by atoms with Gasteiger partial charge in [-0.1, -0.05) is 0 Å². The molecule has 1 fully saturated rings. The Hall–Kier alpha value is -4.02. The zero-order valence-corrected chi connectivity index (χ0v) is 15.3. The van der Waals surface area contributed by atoms with E-state index >= 15 is 0 Å². The molecule has 11 nitrogen and oxygen atoms in total. The van der Waals surface area contributed by atoms with E-state index in [2.05, 4.69) is 20.5 Å². The maximum Gasteiger partial charge on any atom is 0.433 e. The van der Waals surface area contributed by atoms with E-state index in [9.17, 15) is 14.9 Å². The van der Waals surface area contributed by atoms with Crippen molar-refractivity contribution in [1.82, 2.24) is 20.1 Å². The lowest BCUT2D eigenvalue weighted by atomic mass is 10.3. The van der Waals surface area contributed by atoms with Crippen molar-refractivity contribution in [3.05, 3.63) is 64.7 Å². The van der Waals surface area contributed by atoms with Crippen LogP contribution in [0.4, 0.5) is 23.2 Å². The minimum absolute atomic E-state index is 0.0310. The van der Waals surface area contributed by atoms with Crippen LogP contribution in [-0.4, -0.2) is 57.1 Å². The molecule has 0 spiro atoms. The van der Waals surface area contributed by atoms with E-state index in [-0.39, 0.29) is 11.7 Å².